The zero-order valence-corrected chi connectivity index (χ0v) is 13.9. The fraction of sp³-hybridized carbons (Fsp3) is 0.118. The van der Waals surface area contributed by atoms with E-state index in [1.165, 1.54) is 18.6 Å². The van der Waals surface area contributed by atoms with E-state index in [2.05, 4.69) is 0 Å². The zero-order valence-electron chi connectivity index (χ0n) is 13.1. The first kappa shape index (κ1) is 17.6. The fourth-order valence-electron chi connectivity index (χ4n) is 2.30. The number of benzene rings is 2. The molecule has 2 N–H and O–H groups in total. The number of aromatic carboxylic acids is 2. The minimum atomic E-state index is -3.96. The van der Waals surface area contributed by atoms with Gasteiger partial charge in [-0.1, -0.05) is 18.2 Å². The van der Waals surface area contributed by atoms with Crippen molar-refractivity contribution in [2.24, 2.45) is 0 Å². The van der Waals surface area contributed by atoms with Crippen molar-refractivity contribution in [3.8, 4) is 0 Å². The maximum Gasteiger partial charge on any atom is 0.336 e. The largest absolute Gasteiger partial charge is 0.478 e. The Morgan fingerprint density at radius 1 is 0.833 bits per heavy atom. The second-order valence-corrected chi connectivity index (χ2v) is 10.3. The molecule has 0 unspecified atom stereocenters. The molecule has 2 aromatic carbocycles. The average Bonchev–Trinajstić information content (AvgIpc) is 2.53. The molecule has 2 aromatic rings. The van der Waals surface area contributed by atoms with E-state index in [9.17, 15) is 18.6 Å². The standard InChI is InChI=1S/C17H16O6S/c1-24(2,23,12-6-4-3-5-7-12)17(22)11-8-9-13(15(18)19)14(10-11)16(20)21/h3-10H,1-2H3,(H,18,19)(H,20,21). The van der Waals surface area contributed by atoms with Gasteiger partial charge in [0.1, 0.15) is 0 Å². The van der Waals surface area contributed by atoms with Crippen LogP contribution in [-0.2, 0) is 9.07 Å². The summed E-state index contributed by atoms with van der Waals surface area (Å²) in [6.07, 6.45) is 2.64. The molecule has 6 nitrogen and oxygen atoms in total. The summed E-state index contributed by atoms with van der Waals surface area (Å²) >= 11 is 0. The highest BCUT2D eigenvalue weighted by atomic mass is 32.3. The van der Waals surface area contributed by atoms with Crippen LogP contribution in [0.1, 0.15) is 31.1 Å². The minimum Gasteiger partial charge on any atom is -0.478 e. The van der Waals surface area contributed by atoms with Gasteiger partial charge in [0.05, 0.1) is 11.1 Å². The van der Waals surface area contributed by atoms with E-state index in [1.54, 1.807) is 30.3 Å². The van der Waals surface area contributed by atoms with Gasteiger partial charge in [-0.3, -0.25) is 9.00 Å². The second kappa shape index (κ2) is 5.68. The summed E-state index contributed by atoms with van der Waals surface area (Å²) in [6, 6.07) is 11.3. The van der Waals surface area contributed by atoms with Crippen LogP contribution >= 0.6 is 0 Å². The van der Waals surface area contributed by atoms with Crippen LogP contribution in [0.5, 0.6) is 0 Å². The van der Waals surface area contributed by atoms with Crippen molar-refractivity contribution in [3.05, 3.63) is 65.2 Å². The molecular formula is C17H16O6S. The van der Waals surface area contributed by atoms with Gasteiger partial charge in [-0.2, -0.15) is 0 Å². The van der Waals surface area contributed by atoms with Gasteiger partial charge in [0.2, 0.25) is 5.12 Å². The van der Waals surface area contributed by atoms with Gasteiger partial charge in [0.15, 0.2) is 0 Å². The fourth-order valence-corrected chi connectivity index (χ4v) is 4.28. The van der Waals surface area contributed by atoms with Crippen molar-refractivity contribution in [2.75, 3.05) is 12.5 Å². The summed E-state index contributed by atoms with van der Waals surface area (Å²) in [5.41, 5.74) is -1.07. The molecule has 0 radical (unpaired) electrons. The summed E-state index contributed by atoms with van der Waals surface area (Å²) in [5.74, 6) is -2.89. The maximum absolute atomic E-state index is 13.4. The van der Waals surface area contributed by atoms with Crippen molar-refractivity contribution in [1.29, 1.82) is 0 Å². The Morgan fingerprint density at radius 3 is 1.88 bits per heavy atom. The Kier molecular flexibility index (Phi) is 4.16. The Bertz CT molecular complexity index is 908. The third kappa shape index (κ3) is 2.98. The zero-order chi connectivity index (χ0) is 18.1. The lowest BCUT2D eigenvalue weighted by Crippen LogP contribution is -2.39. The Labute approximate surface area is 138 Å². The number of carbonyl (C=O) groups excluding carboxylic acids is 1. The van der Waals surface area contributed by atoms with Crippen LogP contribution in [0.15, 0.2) is 53.4 Å². The highest BCUT2D eigenvalue weighted by molar-refractivity contribution is 8.31. The van der Waals surface area contributed by atoms with Crippen LogP contribution in [0.3, 0.4) is 0 Å². The number of hydrogen-bond donors (Lipinski definition) is 2. The lowest BCUT2D eigenvalue weighted by atomic mass is 10.0. The molecule has 0 aliphatic rings. The van der Waals surface area contributed by atoms with Crippen LogP contribution < -0.4 is 0 Å². The minimum absolute atomic E-state index is 0.108. The van der Waals surface area contributed by atoms with Gasteiger partial charge in [-0.15, -0.1) is 0 Å². The molecule has 0 aliphatic heterocycles. The van der Waals surface area contributed by atoms with E-state index in [1.807, 2.05) is 0 Å². The summed E-state index contributed by atoms with van der Waals surface area (Å²) < 4.78 is 13.4. The van der Waals surface area contributed by atoms with Crippen molar-refractivity contribution < 1.29 is 28.8 Å². The summed E-state index contributed by atoms with van der Waals surface area (Å²) in [5, 5.41) is 17.5. The van der Waals surface area contributed by atoms with Crippen LogP contribution in [0, 0.1) is 0 Å². The molecule has 2 rings (SSSR count). The smallest absolute Gasteiger partial charge is 0.336 e. The Hall–Kier alpha value is -2.80. The van der Waals surface area contributed by atoms with Gasteiger partial charge in [0, 0.05) is 23.0 Å². The molecule has 0 heterocycles. The lowest BCUT2D eigenvalue weighted by molar-refractivity contribution is 0.0651. The SMILES string of the molecule is CS(C)(=O)(C(=O)c1ccc(C(=O)O)c(C(=O)O)c1)c1ccccc1. The topological polar surface area (TPSA) is 109 Å². The summed E-state index contributed by atoms with van der Waals surface area (Å²) in [7, 11) is -3.96. The number of carbonyl (C=O) groups is 3. The van der Waals surface area contributed by atoms with E-state index in [-0.39, 0.29) is 5.56 Å². The molecule has 0 aromatic heterocycles. The molecule has 0 spiro atoms. The number of carboxylic acid groups (broad SMARTS) is 2. The molecule has 0 aliphatic carbocycles. The third-order valence-corrected chi connectivity index (χ3v) is 6.64. The molecule has 24 heavy (non-hydrogen) atoms. The first-order valence-corrected chi connectivity index (χ1v) is 9.63. The molecule has 0 fully saturated rings. The van der Waals surface area contributed by atoms with E-state index >= 15 is 0 Å². The normalized spacial score (nSPS) is 12.8. The van der Waals surface area contributed by atoms with Crippen LogP contribution in [0.2, 0.25) is 0 Å². The molecule has 0 bridgehead atoms. The highest BCUT2D eigenvalue weighted by Gasteiger charge is 2.38. The molecule has 0 atom stereocenters. The Morgan fingerprint density at radius 2 is 1.38 bits per heavy atom. The monoisotopic (exact) mass is 348 g/mol. The molecule has 126 valence electrons. The molecule has 0 saturated heterocycles. The predicted molar refractivity (Wildman–Crippen MR) is 89.4 cm³/mol. The first-order chi connectivity index (χ1) is 11.0. The quantitative estimate of drug-likeness (QED) is 0.878. The first-order valence-electron chi connectivity index (χ1n) is 6.85. The third-order valence-electron chi connectivity index (χ3n) is 3.68. The summed E-state index contributed by atoms with van der Waals surface area (Å²) in [6.45, 7) is 0. The summed E-state index contributed by atoms with van der Waals surface area (Å²) in [4.78, 5) is 35.5. The highest BCUT2D eigenvalue weighted by Crippen LogP contribution is 2.33. The predicted octanol–water partition coefficient (Wildman–Crippen LogP) is 2.36. The van der Waals surface area contributed by atoms with E-state index in [0.29, 0.717) is 4.90 Å². The van der Waals surface area contributed by atoms with Crippen molar-refractivity contribution in [2.45, 2.75) is 4.90 Å². The lowest BCUT2D eigenvalue weighted by Gasteiger charge is -2.32. The van der Waals surface area contributed by atoms with Crippen LogP contribution in [-0.4, -0.2) is 44.0 Å². The van der Waals surface area contributed by atoms with Crippen LogP contribution in [0.25, 0.3) is 0 Å². The number of hydrogen-bond acceptors (Lipinski definition) is 4. The second-order valence-electron chi connectivity index (χ2n) is 5.80. The van der Waals surface area contributed by atoms with Gasteiger partial charge in [-0.25, -0.2) is 9.59 Å². The van der Waals surface area contributed by atoms with Gasteiger partial charge < -0.3 is 10.2 Å². The number of rotatable bonds is 4. The van der Waals surface area contributed by atoms with E-state index < -0.39 is 37.2 Å². The maximum atomic E-state index is 13.4. The molecule has 0 saturated carbocycles. The Balaban J connectivity index is 2.62. The average molecular weight is 348 g/mol. The van der Waals surface area contributed by atoms with Gasteiger partial charge in [-0.05, 0) is 39.4 Å². The molecular weight excluding hydrogens is 332 g/mol. The van der Waals surface area contributed by atoms with Crippen molar-refractivity contribution in [3.63, 3.8) is 0 Å². The van der Waals surface area contributed by atoms with Crippen LogP contribution in [0.4, 0.5) is 0 Å². The molecule has 0 amide bonds. The van der Waals surface area contributed by atoms with Crippen molar-refractivity contribution >= 4 is 26.1 Å². The van der Waals surface area contributed by atoms with E-state index in [0.717, 1.165) is 12.1 Å². The van der Waals surface area contributed by atoms with E-state index in [4.69, 9.17) is 10.2 Å². The molecule has 7 heteroatoms. The number of carboxylic acids is 2. The van der Waals surface area contributed by atoms with Crippen molar-refractivity contribution in [1.82, 2.24) is 0 Å². The van der Waals surface area contributed by atoms with Gasteiger partial charge in [0.25, 0.3) is 0 Å². The van der Waals surface area contributed by atoms with Gasteiger partial charge >= 0.3 is 11.9 Å².